The van der Waals surface area contributed by atoms with Crippen molar-refractivity contribution in [1.29, 1.82) is 0 Å². The van der Waals surface area contributed by atoms with E-state index in [4.69, 9.17) is 9.47 Å². The molecule has 160 valence electrons. The molecule has 0 saturated heterocycles. The highest BCUT2D eigenvalue weighted by molar-refractivity contribution is 5.34. The van der Waals surface area contributed by atoms with E-state index in [1.807, 2.05) is 0 Å². The predicted octanol–water partition coefficient (Wildman–Crippen LogP) is 5.28. The maximum absolute atomic E-state index is 13.0. The van der Waals surface area contributed by atoms with Crippen molar-refractivity contribution in [3.8, 4) is 23.5 Å². The van der Waals surface area contributed by atoms with Crippen molar-refractivity contribution in [3.05, 3.63) is 53.9 Å². The summed E-state index contributed by atoms with van der Waals surface area (Å²) in [5.74, 6) is -0.889. The van der Waals surface area contributed by atoms with E-state index in [9.17, 15) is 26.3 Å². The van der Waals surface area contributed by atoms with E-state index in [1.165, 1.54) is 18.3 Å². The smallest absolute Gasteiger partial charge is 0.435 e. The number of halogens is 6. The van der Waals surface area contributed by atoms with Crippen LogP contribution in [0.1, 0.15) is 24.6 Å². The van der Waals surface area contributed by atoms with Gasteiger partial charge < -0.3 is 9.47 Å². The number of alkyl halides is 6. The zero-order valence-electron chi connectivity index (χ0n) is 15.3. The highest BCUT2D eigenvalue weighted by Crippen LogP contribution is 2.33. The minimum atomic E-state index is -4.72. The number of hydrogen-bond donors (Lipinski definition) is 0. The Morgan fingerprint density at radius 2 is 1.77 bits per heavy atom. The van der Waals surface area contributed by atoms with E-state index in [1.54, 1.807) is 6.92 Å². The van der Waals surface area contributed by atoms with Crippen LogP contribution in [-0.4, -0.2) is 26.4 Å². The Balaban J connectivity index is 1.93. The largest absolute Gasteiger partial charge is 0.478 e. The third-order valence-corrected chi connectivity index (χ3v) is 3.61. The molecule has 0 amide bonds. The molecule has 0 radical (unpaired) electrons. The maximum Gasteiger partial charge on any atom is 0.435 e. The summed E-state index contributed by atoms with van der Waals surface area (Å²) in [6.45, 7) is 1.90. The van der Waals surface area contributed by atoms with Crippen molar-refractivity contribution < 1.29 is 35.8 Å². The number of aromatic nitrogens is 4. The van der Waals surface area contributed by atoms with Gasteiger partial charge in [-0.2, -0.15) is 41.1 Å². The highest BCUT2D eigenvalue weighted by Gasteiger charge is 2.36. The first-order valence-corrected chi connectivity index (χ1v) is 8.56. The molecule has 0 aliphatic rings. The lowest BCUT2D eigenvalue weighted by Crippen LogP contribution is -2.10. The molecule has 0 spiro atoms. The lowest BCUT2D eigenvalue weighted by Gasteiger charge is -2.10. The first-order chi connectivity index (χ1) is 14.1. The Kier molecular flexibility index (Phi) is 5.85. The molecule has 0 fully saturated rings. The van der Waals surface area contributed by atoms with Gasteiger partial charge >= 0.3 is 12.4 Å². The van der Waals surface area contributed by atoms with Crippen LogP contribution in [-0.2, 0) is 12.4 Å². The fourth-order valence-electron chi connectivity index (χ4n) is 2.30. The molecule has 0 atom stereocenters. The molecule has 2 aromatic heterocycles. The van der Waals surface area contributed by atoms with Crippen LogP contribution < -0.4 is 9.47 Å². The van der Waals surface area contributed by atoms with Crippen LogP contribution in [0.2, 0.25) is 0 Å². The van der Waals surface area contributed by atoms with E-state index in [0.29, 0.717) is 12.5 Å². The van der Waals surface area contributed by atoms with E-state index in [-0.39, 0.29) is 30.1 Å². The second-order valence-corrected chi connectivity index (χ2v) is 5.95. The zero-order valence-corrected chi connectivity index (χ0v) is 15.3. The van der Waals surface area contributed by atoms with Crippen molar-refractivity contribution >= 4 is 0 Å². The van der Waals surface area contributed by atoms with Crippen LogP contribution in [0.5, 0.6) is 17.5 Å². The number of ether oxygens (including phenoxy) is 2. The Labute approximate surface area is 166 Å². The van der Waals surface area contributed by atoms with Crippen LogP contribution in [0.4, 0.5) is 26.3 Å². The number of nitrogens with zero attached hydrogens (tertiary/aromatic N) is 4. The minimum absolute atomic E-state index is 0.128. The van der Waals surface area contributed by atoms with Gasteiger partial charge in [-0.3, -0.25) is 0 Å². The summed E-state index contributed by atoms with van der Waals surface area (Å²) in [5, 5.41) is 3.44. The number of benzene rings is 1. The normalized spacial score (nSPS) is 12.1. The molecule has 0 aliphatic heterocycles. The molecular weight excluding hydrogens is 418 g/mol. The summed E-state index contributed by atoms with van der Waals surface area (Å²) in [4.78, 5) is 7.79. The van der Waals surface area contributed by atoms with Gasteiger partial charge in [-0.15, -0.1) is 0 Å². The molecule has 6 nitrogen and oxygen atoms in total. The quantitative estimate of drug-likeness (QED) is 0.496. The fraction of sp³-hybridized carbons (Fsp3) is 0.278. The maximum atomic E-state index is 13.0. The number of hydrogen-bond acceptors (Lipinski definition) is 5. The minimum Gasteiger partial charge on any atom is -0.478 e. The van der Waals surface area contributed by atoms with Gasteiger partial charge in [0.1, 0.15) is 5.75 Å². The van der Waals surface area contributed by atoms with Crippen LogP contribution in [0, 0.1) is 0 Å². The molecule has 1 aromatic carbocycles. The van der Waals surface area contributed by atoms with Gasteiger partial charge in [0.15, 0.2) is 5.69 Å². The molecule has 12 heteroatoms. The lowest BCUT2D eigenvalue weighted by molar-refractivity contribution is -0.141. The molecule has 3 rings (SSSR count). The molecule has 0 unspecified atom stereocenters. The Hall–Kier alpha value is -3.31. The fourth-order valence-corrected chi connectivity index (χ4v) is 2.30. The summed E-state index contributed by atoms with van der Waals surface area (Å²) in [6.07, 6.45) is -7.58. The molecule has 2 heterocycles. The zero-order chi connectivity index (χ0) is 21.9. The first kappa shape index (κ1) is 21.4. The second-order valence-electron chi connectivity index (χ2n) is 5.95. The molecule has 0 saturated carbocycles. The third kappa shape index (κ3) is 4.99. The summed E-state index contributed by atoms with van der Waals surface area (Å²) in [7, 11) is 0. The average Bonchev–Trinajstić information content (AvgIpc) is 3.11. The van der Waals surface area contributed by atoms with Crippen LogP contribution in [0.25, 0.3) is 5.95 Å². The van der Waals surface area contributed by atoms with Gasteiger partial charge in [-0.25, -0.2) is 4.98 Å². The second kappa shape index (κ2) is 8.20. The molecular formula is C18H14F6N4O2. The van der Waals surface area contributed by atoms with Gasteiger partial charge in [0.2, 0.25) is 11.8 Å². The molecule has 0 N–H and O–H groups in total. The number of rotatable bonds is 6. The van der Waals surface area contributed by atoms with Crippen molar-refractivity contribution in [2.24, 2.45) is 0 Å². The summed E-state index contributed by atoms with van der Waals surface area (Å²) in [5.41, 5.74) is -2.13. The average molecular weight is 432 g/mol. The Morgan fingerprint density at radius 1 is 1.00 bits per heavy atom. The summed E-state index contributed by atoms with van der Waals surface area (Å²) < 4.78 is 89.0. The molecule has 0 aliphatic carbocycles. The Bertz CT molecular complexity index is 1020. The van der Waals surface area contributed by atoms with Crippen molar-refractivity contribution in [3.63, 3.8) is 0 Å². The van der Waals surface area contributed by atoms with Crippen molar-refractivity contribution in [2.75, 3.05) is 6.61 Å². The standard InChI is InChI=1S/C18H14F6N4O2/c1-2-8-29-15-10-13(18(22,23)24)27-28(15)16-25-7-6-14(26-16)30-12-5-3-4-11(9-12)17(19,20)21/h3-7,9-10H,2,8H2,1H3. The van der Waals surface area contributed by atoms with Gasteiger partial charge in [0, 0.05) is 18.3 Å². The van der Waals surface area contributed by atoms with Crippen LogP contribution >= 0.6 is 0 Å². The SMILES string of the molecule is CCCOc1cc(C(F)(F)F)nn1-c1nccc(Oc2cccc(C(F)(F)F)c2)n1. The van der Waals surface area contributed by atoms with Gasteiger partial charge in [-0.05, 0) is 24.6 Å². The topological polar surface area (TPSA) is 62.1 Å². The first-order valence-electron chi connectivity index (χ1n) is 8.56. The monoisotopic (exact) mass is 432 g/mol. The van der Waals surface area contributed by atoms with E-state index >= 15 is 0 Å². The summed E-state index contributed by atoms with van der Waals surface area (Å²) >= 11 is 0. The van der Waals surface area contributed by atoms with Gasteiger partial charge in [0.05, 0.1) is 12.2 Å². The molecule has 0 bridgehead atoms. The van der Waals surface area contributed by atoms with Crippen molar-refractivity contribution in [1.82, 2.24) is 19.7 Å². The van der Waals surface area contributed by atoms with Gasteiger partial charge in [-0.1, -0.05) is 13.0 Å². The van der Waals surface area contributed by atoms with Gasteiger partial charge in [0.25, 0.3) is 5.95 Å². The third-order valence-electron chi connectivity index (χ3n) is 3.61. The van der Waals surface area contributed by atoms with Crippen LogP contribution in [0.3, 0.4) is 0 Å². The Morgan fingerprint density at radius 3 is 2.43 bits per heavy atom. The van der Waals surface area contributed by atoms with Crippen LogP contribution in [0.15, 0.2) is 42.6 Å². The lowest BCUT2D eigenvalue weighted by atomic mass is 10.2. The predicted molar refractivity (Wildman–Crippen MR) is 91.5 cm³/mol. The molecule has 30 heavy (non-hydrogen) atoms. The van der Waals surface area contributed by atoms with E-state index in [2.05, 4.69) is 15.1 Å². The van der Waals surface area contributed by atoms with E-state index in [0.717, 1.165) is 22.9 Å². The highest BCUT2D eigenvalue weighted by atomic mass is 19.4. The summed E-state index contributed by atoms with van der Waals surface area (Å²) in [6, 6.07) is 6.03. The van der Waals surface area contributed by atoms with E-state index < -0.39 is 23.6 Å². The van der Waals surface area contributed by atoms with Crippen molar-refractivity contribution in [2.45, 2.75) is 25.7 Å². The molecule has 3 aromatic rings.